The van der Waals surface area contributed by atoms with E-state index in [2.05, 4.69) is 0 Å². The van der Waals surface area contributed by atoms with Crippen LogP contribution in [-0.4, -0.2) is 16.9 Å². The third-order valence-electron chi connectivity index (χ3n) is 4.03. The highest BCUT2D eigenvalue weighted by molar-refractivity contribution is 5.91. The summed E-state index contributed by atoms with van der Waals surface area (Å²) in [6.07, 6.45) is 9.22. The summed E-state index contributed by atoms with van der Waals surface area (Å²) < 4.78 is 0. The van der Waals surface area contributed by atoms with Crippen molar-refractivity contribution in [1.29, 1.82) is 0 Å². The fourth-order valence-electron chi connectivity index (χ4n) is 3.01. The van der Waals surface area contributed by atoms with E-state index < -0.39 is 5.97 Å². The van der Waals surface area contributed by atoms with Crippen molar-refractivity contribution < 1.29 is 14.7 Å². The van der Waals surface area contributed by atoms with Crippen LogP contribution in [0.4, 0.5) is 0 Å². The van der Waals surface area contributed by atoms with Gasteiger partial charge in [0.05, 0.1) is 5.92 Å². The molecule has 2 rings (SSSR count). The minimum Gasteiger partial charge on any atom is -0.481 e. The predicted molar refractivity (Wildman–Crippen MR) is 64.6 cm³/mol. The van der Waals surface area contributed by atoms with Gasteiger partial charge in [-0.05, 0) is 56.9 Å². The zero-order valence-electron chi connectivity index (χ0n) is 10.2. The Hall–Kier alpha value is -1.12. The lowest BCUT2D eigenvalue weighted by atomic mass is 9.78. The van der Waals surface area contributed by atoms with Crippen molar-refractivity contribution in [3.05, 3.63) is 11.6 Å². The Balaban J connectivity index is 1.82. The van der Waals surface area contributed by atoms with E-state index in [1.54, 1.807) is 0 Å². The molecular weight excluding hydrogens is 216 g/mol. The van der Waals surface area contributed by atoms with Gasteiger partial charge in [0, 0.05) is 6.42 Å². The van der Waals surface area contributed by atoms with Crippen molar-refractivity contribution in [2.45, 2.75) is 51.4 Å². The predicted octanol–water partition coefficient (Wildman–Crippen LogP) is 2.95. The fraction of sp³-hybridized carbons (Fsp3) is 0.714. The number of carbonyl (C=O) groups is 2. The molecule has 0 bridgehead atoms. The second-order valence-electron chi connectivity index (χ2n) is 5.38. The molecule has 0 saturated heterocycles. The van der Waals surface area contributed by atoms with Gasteiger partial charge in [-0.2, -0.15) is 0 Å². The molecule has 0 aliphatic heterocycles. The summed E-state index contributed by atoms with van der Waals surface area (Å²) in [4.78, 5) is 22.1. The van der Waals surface area contributed by atoms with E-state index in [0.29, 0.717) is 12.3 Å². The fourth-order valence-corrected chi connectivity index (χ4v) is 3.01. The highest BCUT2D eigenvalue weighted by atomic mass is 16.4. The lowest BCUT2D eigenvalue weighted by Crippen LogP contribution is -2.22. The lowest BCUT2D eigenvalue weighted by molar-refractivity contribution is -0.143. The van der Waals surface area contributed by atoms with Crippen LogP contribution in [0.15, 0.2) is 11.6 Å². The molecule has 0 aromatic carbocycles. The number of ketones is 1. The minimum atomic E-state index is -0.643. The van der Waals surface area contributed by atoms with Gasteiger partial charge in [0.1, 0.15) is 0 Å². The SMILES string of the molecule is O=C1C=C(CC2CCC(C(=O)O)CC2)CCC1. The summed E-state index contributed by atoms with van der Waals surface area (Å²) >= 11 is 0. The van der Waals surface area contributed by atoms with Gasteiger partial charge in [0.25, 0.3) is 0 Å². The summed E-state index contributed by atoms with van der Waals surface area (Å²) in [7, 11) is 0. The number of allylic oxidation sites excluding steroid dienone is 2. The Labute approximate surface area is 102 Å². The molecule has 0 aromatic heterocycles. The summed E-state index contributed by atoms with van der Waals surface area (Å²) in [6.45, 7) is 0. The topological polar surface area (TPSA) is 54.4 Å². The van der Waals surface area contributed by atoms with E-state index in [-0.39, 0.29) is 11.7 Å². The molecule has 94 valence electrons. The zero-order valence-corrected chi connectivity index (χ0v) is 10.2. The molecule has 3 nitrogen and oxygen atoms in total. The second kappa shape index (κ2) is 5.48. The van der Waals surface area contributed by atoms with E-state index in [9.17, 15) is 9.59 Å². The maximum Gasteiger partial charge on any atom is 0.306 e. The third kappa shape index (κ3) is 3.42. The molecule has 0 aromatic rings. The van der Waals surface area contributed by atoms with Crippen LogP contribution in [0.1, 0.15) is 51.4 Å². The molecule has 0 heterocycles. The van der Waals surface area contributed by atoms with Gasteiger partial charge in [-0.15, -0.1) is 0 Å². The number of carbonyl (C=O) groups excluding carboxylic acids is 1. The summed E-state index contributed by atoms with van der Waals surface area (Å²) in [5.74, 6) is 0.0944. The Morgan fingerprint density at radius 2 is 1.94 bits per heavy atom. The quantitative estimate of drug-likeness (QED) is 0.819. The molecule has 0 atom stereocenters. The van der Waals surface area contributed by atoms with Gasteiger partial charge in [-0.1, -0.05) is 5.57 Å². The van der Waals surface area contributed by atoms with E-state index in [4.69, 9.17) is 5.11 Å². The Morgan fingerprint density at radius 1 is 1.24 bits per heavy atom. The number of hydrogen-bond donors (Lipinski definition) is 1. The number of carboxylic acid groups (broad SMARTS) is 1. The highest BCUT2D eigenvalue weighted by Gasteiger charge is 2.26. The maximum absolute atomic E-state index is 11.3. The molecule has 17 heavy (non-hydrogen) atoms. The van der Waals surface area contributed by atoms with Crippen LogP contribution in [0.25, 0.3) is 0 Å². The smallest absolute Gasteiger partial charge is 0.306 e. The molecule has 1 N–H and O–H groups in total. The van der Waals surface area contributed by atoms with E-state index in [1.165, 1.54) is 5.57 Å². The van der Waals surface area contributed by atoms with Gasteiger partial charge in [0.15, 0.2) is 5.78 Å². The van der Waals surface area contributed by atoms with Crippen LogP contribution >= 0.6 is 0 Å². The van der Waals surface area contributed by atoms with Gasteiger partial charge in [0.2, 0.25) is 0 Å². The van der Waals surface area contributed by atoms with Crippen LogP contribution in [-0.2, 0) is 9.59 Å². The van der Waals surface area contributed by atoms with Crippen molar-refractivity contribution in [3.63, 3.8) is 0 Å². The molecular formula is C14H20O3. The molecule has 1 fully saturated rings. The first kappa shape index (κ1) is 12.3. The van der Waals surface area contributed by atoms with E-state index in [1.807, 2.05) is 6.08 Å². The first-order valence-electron chi connectivity index (χ1n) is 6.60. The van der Waals surface area contributed by atoms with Gasteiger partial charge < -0.3 is 5.11 Å². The van der Waals surface area contributed by atoms with Crippen LogP contribution in [0, 0.1) is 11.8 Å². The van der Waals surface area contributed by atoms with E-state index >= 15 is 0 Å². The summed E-state index contributed by atoms with van der Waals surface area (Å²) in [5, 5.41) is 8.92. The molecule has 0 unspecified atom stereocenters. The Kier molecular flexibility index (Phi) is 3.97. The number of rotatable bonds is 3. The molecule has 1 saturated carbocycles. The number of aliphatic carboxylic acids is 1. The standard InChI is InChI=1S/C14H20O3/c15-13-3-1-2-11(9-13)8-10-4-6-12(7-5-10)14(16)17/h9-10,12H,1-8H2,(H,16,17). The number of carboxylic acids is 1. The Bertz CT molecular complexity index is 335. The zero-order chi connectivity index (χ0) is 12.3. The first-order chi connectivity index (χ1) is 8.15. The normalized spacial score (nSPS) is 29.9. The Morgan fingerprint density at radius 3 is 2.53 bits per heavy atom. The van der Waals surface area contributed by atoms with Crippen LogP contribution < -0.4 is 0 Å². The summed E-state index contributed by atoms with van der Waals surface area (Å²) in [5.41, 5.74) is 1.29. The second-order valence-corrected chi connectivity index (χ2v) is 5.38. The van der Waals surface area contributed by atoms with E-state index in [0.717, 1.165) is 44.9 Å². The lowest BCUT2D eigenvalue weighted by Gasteiger charge is -2.27. The minimum absolute atomic E-state index is 0.131. The van der Waals surface area contributed by atoms with Crippen molar-refractivity contribution in [1.82, 2.24) is 0 Å². The van der Waals surface area contributed by atoms with Crippen molar-refractivity contribution >= 4 is 11.8 Å². The van der Waals surface area contributed by atoms with Gasteiger partial charge in [-0.25, -0.2) is 0 Å². The number of hydrogen-bond acceptors (Lipinski definition) is 2. The van der Waals surface area contributed by atoms with Crippen LogP contribution in [0.2, 0.25) is 0 Å². The highest BCUT2D eigenvalue weighted by Crippen LogP contribution is 2.34. The van der Waals surface area contributed by atoms with Gasteiger partial charge >= 0.3 is 5.97 Å². The summed E-state index contributed by atoms with van der Waals surface area (Å²) in [6, 6.07) is 0. The average molecular weight is 236 g/mol. The molecule has 0 amide bonds. The van der Waals surface area contributed by atoms with Gasteiger partial charge in [-0.3, -0.25) is 9.59 Å². The van der Waals surface area contributed by atoms with Crippen molar-refractivity contribution in [2.75, 3.05) is 0 Å². The third-order valence-corrected chi connectivity index (χ3v) is 4.03. The molecule has 0 radical (unpaired) electrons. The average Bonchev–Trinajstić information content (AvgIpc) is 2.29. The molecule has 2 aliphatic carbocycles. The van der Waals surface area contributed by atoms with Crippen molar-refractivity contribution in [3.8, 4) is 0 Å². The first-order valence-corrected chi connectivity index (χ1v) is 6.60. The molecule has 3 heteroatoms. The maximum atomic E-state index is 11.3. The van der Waals surface area contributed by atoms with Crippen LogP contribution in [0.5, 0.6) is 0 Å². The van der Waals surface area contributed by atoms with Crippen molar-refractivity contribution in [2.24, 2.45) is 11.8 Å². The van der Waals surface area contributed by atoms with Crippen LogP contribution in [0.3, 0.4) is 0 Å². The largest absolute Gasteiger partial charge is 0.481 e. The molecule has 2 aliphatic rings. The monoisotopic (exact) mass is 236 g/mol. The molecule has 0 spiro atoms.